The number of hydrogen-bond donors (Lipinski definition) is 0. The predicted octanol–water partition coefficient (Wildman–Crippen LogP) is 4.49. The van der Waals surface area contributed by atoms with Crippen LogP contribution in [0.2, 0.25) is 0 Å². The van der Waals surface area contributed by atoms with Crippen LogP contribution in [0.25, 0.3) is 0 Å². The third-order valence-electron chi connectivity index (χ3n) is 5.79. The molecular formula is C21H28F4N2O4S. The molecule has 1 atom stereocenters. The summed E-state index contributed by atoms with van der Waals surface area (Å²) in [7, 11) is -3.86. The molecule has 1 aromatic rings. The molecule has 1 saturated heterocycles. The Morgan fingerprint density at radius 3 is 2.38 bits per heavy atom. The normalized spacial score (nSPS) is 21.2. The van der Waals surface area contributed by atoms with Crippen molar-refractivity contribution in [2.45, 2.75) is 69.8 Å². The van der Waals surface area contributed by atoms with Crippen LogP contribution in [0.15, 0.2) is 18.2 Å². The Labute approximate surface area is 185 Å². The summed E-state index contributed by atoms with van der Waals surface area (Å²) in [6, 6.07) is 2.15. The van der Waals surface area contributed by atoms with Crippen molar-refractivity contribution in [3.05, 3.63) is 35.1 Å². The third-order valence-corrected chi connectivity index (χ3v) is 7.09. The molecule has 2 aliphatic rings. The maximum atomic E-state index is 13.8. The van der Waals surface area contributed by atoms with Gasteiger partial charge in [0.1, 0.15) is 11.4 Å². The van der Waals surface area contributed by atoms with Crippen molar-refractivity contribution in [3.63, 3.8) is 0 Å². The minimum absolute atomic E-state index is 0.0726. The van der Waals surface area contributed by atoms with Crippen LogP contribution in [0.5, 0.6) is 0 Å². The molecule has 0 radical (unpaired) electrons. The van der Waals surface area contributed by atoms with E-state index in [0.717, 1.165) is 12.3 Å². The maximum Gasteiger partial charge on any atom is 0.419 e. The lowest BCUT2D eigenvalue weighted by Crippen LogP contribution is -2.49. The number of alkyl halides is 3. The van der Waals surface area contributed by atoms with Gasteiger partial charge in [0.2, 0.25) is 10.0 Å². The SMILES string of the molecule is CC(C)(C)OC(=O)N1CCC[C@H]1CN(C1(c2ccc(F)c(C(F)(F)F)c2)CC1)S(C)(=O)=O. The number of ether oxygens (including phenoxy) is 1. The molecular weight excluding hydrogens is 452 g/mol. The first-order chi connectivity index (χ1) is 14.5. The molecule has 2 fully saturated rings. The lowest BCUT2D eigenvalue weighted by Gasteiger charge is -2.35. The molecule has 0 bridgehead atoms. The van der Waals surface area contributed by atoms with Crippen LogP contribution in [0.4, 0.5) is 22.4 Å². The fraction of sp³-hybridized carbons (Fsp3) is 0.667. The number of carbonyl (C=O) groups is 1. The molecule has 0 aromatic heterocycles. The van der Waals surface area contributed by atoms with Gasteiger partial charge >= 0.3 is 12.3 Å². The molecule has 1 saturated carbocycles. The van der Waals surface area contributed by atoms with Crippen LogP contribution in [0.3, 0.4) is 0 Å². The van der Waals surface area contributed by atoms with Gasteiger partial charge in [-0.1, -0.05) is 6.07 Å². The van der Waals surface area contributed by atoms with Crippen LogP contribution in [0, 0.1) is 5.82 Å². The minimum atomic E-state index is -4.90. The van der Waals surface area contributed by atoms with E-state index in [4.69, 9.17) is 4.74 Å². The highest BCUT2D eigenvalue weighted by Crippen LogP contribution is 2.53. The summed E-state index contributed by atoms with van der Waals surface area (Å²) >= 11 is 0. The van der Waals surface area contributed by atoms with Crippen LogP contribution < -0.4 is 0 Å². The average Bonchev–Trinajstić information content (AvgIpc) is 3.26. The van der Waals surface area contributed by atoms with Gasteiger partial charge in [-0.15, -0.1) is 0 Å². The van der Waals surface area contributed by atoms with Gasteiger partial charge in [0.05, 0.1) is 17.4 Å². The Balaban J connectivity index is 1.92. The van der Waals surface area contributed by atoms with E-state index in [-0.39, 0.29) is 12.1 Å². The first-order valence-corrected chi connectivity index (χ1v) is 12.2. The number of hydrogen-bond acceptors (Lipinski definition) is 4. The Morgan fingerprint density at radius 2 is 1.88 bits per heavy atom. The highest BCUT2D eigenvalue weighted by molar-refractivity contribution is 7.88. The Kier molecular flexibility index (Phi) is 6.31. The zero-order chi connectivity index (χ0) is 24.1. The number of carbonyl (C=O) groups excluding carboxylic acids is 1. The zero-order valence-corrected chi connectivity index (χ0v) is 19.3. The number of sulfonamides is 1. The molecule has 0 spiro atoms. The second-order valence-electron chi connectivity index (χ2n) is 9.49. The number of amides is 1. The van der Waals surface area contributed by atoms with Gasteiger partial charge in [0.25, 0.3) is 0 Å². The van der Waals surface area contributed by atoms with Crippen molar-refractivity contribution in [2.75, 3.05) is 19.3 Å². The molecule has 1 amide bonds. The largest absolute Gasteiger partial charge is 0.444 e. The van der Waals surface area contributed by atoms with Gasteiger partial charge in [0.15, 0.2) is 0 Å². The molecule has 0 N–H and O–H groups in total. The molecule has 1 aliphatic heterocycles. The van der Waals surface area contributed by atoms with E-state index < -0.39 is 50.9 Å². The fourth-order valence-electron chi connectivity index (χ4n) is 4.24. The Morgan fingerprint density at radius 1 is 1.25 bits per heavy atom. The number of benzene rings is 1. The Bertz CT molecular complexity index is 984. The first-order valence-electron chi connectivity index (χ1n) is 10.4. The summed E-state index contributed by atoms with van der Waals surface area (Å²) in [5, 5.41) is 0. The van der Waals surface area contributed by atoms with Gasteiger partial charge in [-0.25, -0.2) is 17.6 Å². The molecule has 6 nitrogen and oxygen atoms in total. The number of rotatable bonds is 5. The number of likely N-dealkylation sites (tertiary alicyclic amines) is 1. The molecule has 180 valence electrons. The smallest absolute Gasteiger partial charge is 0.419 e. The summed E-state index contributed by atoms with van der Waals surface area (Å²) in [5.41, 5.74) is -3.24. The second kappa shape index (κ2) is 8.16. The highest BCUT2D eigenvalue weighted by Gasteiger charge is 2.55. The topological polar surface area (TPSA) is 66.9 Å². The lowest BCUT2D eigenvalue weighted by atomic mass is 10.0. The molecule has 1 aliphatic carbocycles. The monoisotopic (exact) mass is 480 g/mol. The van der Waals surface area contributed by atoms with Gasteiger partial charge in [-0.2, -0.15) is 17.5 Å². The van der Waals surface area contributed by atoms with Crippen molar-refractivity contribution >= 4 is 16.1 Å². The van der Waals surface area contributed by atoms with Crippen molar-refractivity contribution in [1.82, 2.24) is 9.21 Å². The van der Waals surface area contributed by atoms with Gasteiger partial charge in [-0.3, -0.25) is 0 Å². The van der Waals surface area contributed by atoms with Crippen LogP contribution in [-0.4, -0.2) is 54.7 Å². The first kappa shape index (κ1) is 24.8. The van der Waals surface area contributed by atoms with E-state index in [1.165, 1.54) is 15.3 Å². The summed E-state index contributed by atoms with van der Waals surface area (Å²) in [6.45, 7) is 5.51. The summed E-state index contributed by atoms with van der Waals surface area (Å²) < 4.78 is 85.6. The van der Waals surface area contributed by atoms with Crippen LogP contribution in [0.1, 0.15) is 57.6 Å². The zero-order valence-electron chi connectivity index (χ0n) is 18.5. The minimum Gasteiger partial charge on any atom is -0.444 e. The second-order valence-corrected chi connectivity index (χ2v) is 11.4. The predicted molar refractivity (Wildman–Crippen MR) is 110 cm³/mol. The quantitative estimate of drug-likeness (QED) is 0.583. The van der Waals surface area contributed by atoms with E-state index >= 15 is 0 Å². The van der Waals surface area contributed by atoms with E-state index in [9.17, 15) is 30.8 Å². The van der Waals surface area contributed by atoms with E-state index in [1.807, 2.05) is 0 Å². The lowest BCUT2D eigenvalue weighted by molar-refractivity contribution is -0.140. The standard InChI is InChI=1S/C21H28F4N2O4S/c1-19(2,3)31-18(28)26-11-5-6-15(26)13-27(32(4,29)30)20(9-10-20)14-7-8-17(22)16(12-14)21(23,24)25/h7-8,12,15H,5-6,9-11,13H2,1-4H3/t15-/m0/s1. The van der Waals surface area contributed by atoms with Crippen molar-refractivity contribution in [1.29, 1.82) is 0 Å². The molecule has 0 unspecified atom stereocenters. The maximum absolute atomic E-state index is 13.8. The molecule has 3 rings (SSSR count). The van der Waals surface area contributed by atoms with Gasteiger partial charge in [-0.05, 0) is 64.2 Å². The third kappa shape index (κ3) is 5.19. The number of nitrogens with zero attached hydrogens (tertiary/aromatic N) is 2. The average molecular weight is 481 g/mol. The molecule has 32 heavy (non-hydrogen) atoms. The highest BCUT2D eigenvalue weighted by atomic mass is 32.2. The van der Waals surface area contributed by atoms with Crippen LogP contribution in [-0.2, 0) is 26.5 Å². The molecule has 1 heterocycles. The number of halogens is 4. The summed E-state index contributed by atoms with van der Waals surface area (Å²) in [5.74, 6) is -1.41. The van der Waals surface area contributed by atoms with E-state index in [2.05, 4.69) is 0 Å². The van der Waals surface area contributed by atoms with E-state index in [1.54, 1.807) is 20.8 Å². The van der Waals surface area contributed by atoms with Gasteiger partial charge in [0, 0.05) is 19.1 Å². The Hall–Kier alpha value is -1.88. The molecule has 1 aromatic carbocycles. The van der Waals surface area contributed by atoms with E-state index in [0.29, 0.717) is 38.3 Å². The molecule has 11 heteroatoms. The summed E-state index contributed by atoms with van der Waals surface area (Å²) in [6.07, 6.45) is -2.65. The summed E-state index contributed by atoms with van der Waals surface area (Å²) in [4.78, 5) is 14.1. The van der Waals surface area contributed by atoms with Gasteiger partial charge < -0.3 is 9.64 Å². The fourth-order valence-corrected chi connectivity index (χ4v) is 5.60. The van der Waals surface area contributed by atoms with Crippen molar-refractivity contribution in [3.8, 4) is 0 Å². The van der Waals surface area contributed by atoms with Crippen molar-refractivity contribution < 1.29 is 35.5 Å². The van der Waals surface area contributed by atoms with Crippen LogP contribution >= 0.6 is 0 Å². The van der Waals surface area contributed by atoms with Crippen molar-refractivity contribution in [2.24, 2.45) is 0 Å².